The standard InChI is InChI=1S/C31H31NO/c1-20-19-22(15-16-23(20)21-9-3-2-4-10-21)32-27-13-7-5-12-26(27)30-28(32)18-17-25-24-11-6-8-14-29(24)33-31(25)30/h2-4,6-9,11,13-14,16-18,20-22,25,31H,5,10,12,15,19H2,1H3. The third kappa shape index (κ3) is 2.93. The maximum atomic E-state index is 6.61. The first-order valence-electron chi connectivity index (χ1n) is 12.7. The predicted octanol–water partition coefficient (Wildman–Crippen LogP) is 7.72. The number of nitrogens with zero attached hydrogens (tertiary/aromatic N) is 1. The monoisotopic (exact) mass is 433 g/mol. The maximum absolute atomic E-state index is 6.61. The molecule has 2 heterocycles. The van der Waals surface area contributed by atoms with E-state index in [0.717, 1.165) is 31.4 Å². The van der Waals surface area contributed by atoms with Crippen molar-refractivity contribution in [3.63, 3.8) is 0 Å². The van der Waals surface area contributed by atoms with Crippen molar-refractivity contribution in [2.45, 2.75) is 57.1 Å². The van der Waals surface area contributed by atoms with Crippen molar-refractivity contribution in [1.29, 1.82) is 0 Å². The number of hydrogen-bond acceptors (Lipinski definition) is 1. The lowest BCUT2D eigenvalue weighted by molar-refractivity contribution is 0.221. The molecule has 1 aromatic carbocycles. The van der Waals surface area contributed by atoms with E-state index in [0.29, 0.717) is 23.8 Å². The van der Waals surface area contributed by atoms with Gasteiger partial charge in [-0.1, -0.05) is 73.2 Å². The van der Waals surface area contributed by atoms with Gasteiger partial charge in [-0.25, -0.2) is 0 Å². The van der Waals surface area contributed by atoms with Crippen molar-refractivity contribution >= 4 is 12.2 Å². The minimum atomic E-state index is 0.121. The highest BCUT2D eigenvalue weighted by atomic mass is 16.5. The van der Waals surface area contributed by atoms with Gasteiger partial charge in [0.15, 0.2) is 0 Å². The summed E-state index contributed by atoms with van der Waals surface area (Å²) in [5, 5.41) is 0. The van der Waals surface area contributed by atoms with E-state index >= 15 is 0 Å². The number of benzene rings is 1. The van der Waals surface area contributed by atoms with Gasteiger partial charge in [-0.2, -0.15) is 0 Å². The molecule has 1 aromatic heterocycles. The fraction of sp³-hybridized carbons (Fsp3) is 0.355. The van der Waals surface area contributed by atoms with E-state index in [4.69, 9.17) is 4.74 Å². The topological polar surface area (TPSA) is 14.2 Å². The zero-order valence-electron chi connectivity index (χ0n) is 19.3. The van der Waals surface area contributed by atoms with Crippen LogP contribution in [0.2, 0.25) is 0 Å². The lowest BCUT2D eigenvalue weighted by Crippen LogP contribution is -2.23. The van der Waals surface area contributed by atoms with Gasteiger partial charge in [-0.15, -0.1) is 0 Å². The molecule has 2 aromatic rings. The van der Waals surface area contributed by atoms with Gasteiger partial charge in [0.2, 0.25) is 0 Å². The summed E-state index contributed by atoms with van der Waals surface area (Å²) in [6, 6.07) is 9.12. The molecular weight excluding hydrogens is 402 g/mol. The normalized spacial score (nSPS) is 30.8. The molecule has 0 amide bonds. The number of hydrogen-bond donors (Lipinski definition) is 0. The van der Waals surface area contributed by atoms with Gasteiger partial charge in [0.25, 0.3) is 0 Å². The molecule has 2 heteroatoms. The van der Waals surface area contributed by atoms with E-state index in [1.807, 2.05) is 0 Å². The molecule has 5 unspecified atom stereocenters. The van der Waals surface area contributed by atoms with Crippen LogP contribution < -0.4 is 4.74 Å². The summed E-state index contributed by atoms with van der Waals surface area (Å²) in [5.74, 6) is 2.59. The smallest absolute Gasteiger partial charge is 0.136 e. The molecule has 0 bridgehead atoms. The second kappa shape index (κ2) is 7.52. The van der Waals surface area contributed by atoms with Crippen LogP contribution in [0.3, 0.4) is 0 Å². The molecule has 0 saturated carbocycles. The van der Waals surface area contributed by atoms with Crippen molar-refractivity contribution in [1.82, 2.24) is 4.57 Å². The number of para-hydroxylation sites is 1. The molecule has 0 saturated heterocycles. The quantitative estimate of drug-likeness (QED) is 0.442. The van der Waals surface area contributed by atoms with Crippen LogP contribution in [0.4, 0.5) is 0 Å². The third-order valence-corrected chi connectivity index (χ3v) is 8.46. The van der Waals surface area contributed by atoms with Crippen LogP contribution in [0.5, 0.6) is 5.75 Å². The van der Waals surface area contributed by atoms with Gasteiger partial charge >= 0.3 is 0 Å². The van der Waals surface area contributed by atoms with Crippen molar-refractivity contribution in [2.75, 3.05) is 0 Å². The highest BCUT2D eigenvalue weighted by Gasteiger charge is 2.42. The molecule has 33 heavy (non-hydrogen) atoms. The van der Waals surface area contributed by atoms with Crippen LogP contribution in [0, 0.1) is 11.8 Å². The molecule has 4 aliphatic carbocycles. The average molecular weight is 434 g/mol. The van der Waals surface area contributed by atoms with Crippen molar-refractivity contribution in [3.05, 3.63) is 100 Å². The molecule has 1 aliphatic heterocycles. The number of ether oxygens (including phenoxy) is 1. The first kappa shape index (κ1) is 19.5. The highest BCUT2D eigenvalue weighted by Crippen LogP contribution is 2.53. The van der Waals surface area contributed by atoms with Crippen molar-refractivity contribution in [3.8, 4) is 5.75 Å². The Morgan fingerprint density at radius 2 is 1.91 bits per heavy atom. The Morgan fingerprint density at radius 3 is 2.79 bits per heavy atom. The van der Waals surface area contributed by atoms with Gasteiger partial charge in [0, 0.05) is 40.4 Å². The molecule has 0 radical (unpaired) electrons. The summed E-state index contributed by atoms with van der Waals surface area (Å²) in [5.41, 5.74) is 8.80. The van der Waals surface area contributed by atoms with Crippen molar-refractivity contribution in [2.24, 2.45) is 11.8 Å². The molecule has 166 valence electrons. The lowest BCUT2D eigenvalue weighted by atomic mass is 9.77. The molecule has 0 spiro atoms. The highest BCUT2D eigenvalue weighted by molar-refractivity contribution is 5.70. The Bertz CT molecular complexity index is 1270. The van der Waals surface area contributed by atoms with Gasteiger partial charge in [-0.05, 0) is 61.8 Å². The molecule has 7 rings (SSSR count). The minimum Gasteiger partial charge on any atom is -0.484 e. The van der Waals surface area contributed by atoms with E-state index < -0.39 is 0 Å². The zero-order valence-corrected chi connectivity index (χ0v) is 19.3. The van der Waals surface area contributed by atoms with Gasteiger partial charge in [0.1, 0.15) is 11.9 Å². The Morgan fingerprint density at radius 1 is 0.970 bits per heavy atom. The largest absolute Gasteiger partial charge is 0.484 e. The Balaban J connectivity index is 1.29. The summed E-state index contributed by atoms with van der Waals surface area (Å²) in [7, 11) is 0. The predicted molar refractivity (Wildman–Crippen MR) is 135 cm³/mol. The molecule has 5 aliphatic rings. The number of fused-ring (bicyclic) bond motifs is 7. The van der Waals surface area contributed by atoms with Crippen LogP contribution in [0.25, 0.3) is 12.2 Å². The summed E-state index contributed by atoms with van der Waals surface area (Å²) in [6.07, 6.45) is 27.1. The Kier molecular flexibility index (Phi) is 4.43. The van der Waals surface area contributed by atoms with Crippen LogP contribution >= 0.6 is 0 Å². The van der Waals surface area contributed by atoms with Crippen LogP contribution in [0.1, 0.15) is 78.7 Å². The fourth-order valence-electron chi connectivity index (χ4n) is 6.99. The average Bonchev–Trinajstić information content (AvgIpc) is 3.40. The minimum absolute atomic E-state index is 0.121. The third-order valence-electron chi connectivity index (χ3n) is 8.46. The first-order chi connectivity index (χ1) is 16.3. The number of allylic oxidation sites excluding steroid dienone is 7. The lowest BCUT2D eigenvalue weighted by Gasteiger charge is -2.34. The van der Waals surface area contributed by atoms with Crippen LogP contribution in [-0.4, -0.2) is 4.57 Å². The van der Waals surface area contributed by atoms with E-state index in [1.165, 1.54) is 34.5 Å². The summed E-state index contributed by atoms with van der Waals surface area (Å²) < 4.78 is 9.29. The van der Waals surface area contributed by atoms with Crippen molar-refractivity contribution < 1.29 is 4.74 Å². The van der Waals surface area contributed by atoms with E-state index in [-0.39, 0.29) is 6.10 Å². The first-order valence-corrected chi connectivity index (χ1v) is 12.7. The number of rotatable bonds is 2. The van der Waals surface area contributed by atoms with Gasteiger partial charge in [-0.3, -0.25) is 0 Å². The van der Waals surface area contributed by atoms with Crippen LogP contribution in [0.15, 0.2) is 72.4 Å². The van der Waals surface area contributed by atoms with E-state index in [2.05, 4.69) is 90.4 Å². The summed E-state index contributed by atoms with van der Waals surface area (Å²) in [6.45, 7) is 2.44. The molecule has 2 nitrogen and oxygen atoms in total. The van der Waals surface area contributed by atoms with E-state index in [9.17, 15) is 0 Å². The molecule has 0 N–H and O–H groups in total. The molecule has 5 atom stereocenters. The summed E-state index contributed by atoms with van der Waals surface area (Å²) in [4.78, 5) is 0. The Hall–Kier alpha value is -3.00. The number of aromatic nitrogens is 1. The van der Waals surface area contributed by atoms with Gasteiger partial charge < -0.3 is 9.30 Å². The second-order valence-corrected chi connectivity index (χ2v) is 10.3. The SMILES string of the molecule is CC1CC(n2c3c(c4c2C=CC2c5ccccc5OC42)CCC=C3)CC=C1C1C=CC=CC1. The maximum Gasteiger partial charge on any atom is 0.136 e. The Labute approximate surface area is 196 Å². The second-order valence-electron chi connectivity index (χ2n) is 10.3. The summed E-state index contributed by atoms with van der Waals surface area (Å²) >= 11 is 0. The molecule has 0 fully saturated rings. The fourth-order valence-corrected chi connectivity index (χ4v) is 6.99. The van der Waals surface area contributed by atoms with Gasteiger partial charge in [0.05, 0.1) is 0 Å². The zero-order chi connectivity index (χ0) is 21.9. The molecular formula is C31H31NO. The van der Waals surface area contributed by atoms with E-state index in [1.54, 1.807) is 5.57 Å². The van der Waals surface area contributed by atoms with Crippen LogP contribution in [-0.2, 0) is 6.42 Å².